The van der Waals surface area contributed by atoms with E-state index in [1.807, 2.05) is 38.1 Å². The van der Waals surface area contributed by atoms with E-state index in [1.54, 1.807) is 6.92 Å². The lowest BCUT2D eigenvalue weighted by Gasteiger charge is -2.13. The highest BCUT2D eigenvalue weighted by Gasteiger charge is 2.16. The van der Waals surface area contributed by atoms with Crippen molar-refractivity contribution < 1.29 is 9.53 Å². The van der Waals surface area contributed by atoms with Crippen molar-refractivity contribution in [2.24, 2.45) is 0 Å². The van der Waals surface area contributed by atoms with Gasteiger partial charge in [0.05, 0.1) is 0 Å². The fourth-order valence-electron chi connectivity index (χ4n) is 1.50. The SMILES string of the molecule is Cc1cccc(O[C@H](C)C(=O)Nc2nnc(C)s2)c1. The van der Waals surface area contributed by atoms with Crippen LogP contribution in [0.25, 0.3) is 0 Å². The van der Waals surface area contributed by atoms with Crippen LogP contribution in [0, 0.1) is 13.8 Å². The number of nitrogens with zero attached hydrogens (tertiary/aromatic N) is 2. The lowest BCUT2D eigenvalue weighted by molar-refractivity contribution is -0.122. The average Bonchev–Trinajstić information content (AvgIpc) is 2.74. The summed E-state index contributed by atoms with van der Waals surface area (Å²) in [6.07, 6.45) is -0.592. The minimum absolute atomic E-state index is 0.238. The van der Waals surface area contributed by atoms with Gasteiger partial charge in [-0.25, -0.2) is 0 Å². The third-order valence-corrected chi connectivity index (χ3v) is 3.18. The molecule has 0 spiro atoms. The summed E-state index contributed by atoms with van der Waals surface area (Å²) in [5.41, 5.74) is 1.09. The number of aryl methyl sites for hydroxylation is 2. The number of amides is 1. The molecule has 1 heterocycles. The van der Waals surface area contributed by atoms with E-state index in [1.165, 1.54) is 11.3 Å². The molecule has 0 saturated carbocycles. The predicted octanol–water partition coefficient (Wildman–Crippen LogP) is 2.56. The Labute approximate surface area is 115 Å². The number of benzene rings is 1. The summed E-state index contributed by atoms with van der Waals surface area (Å²) in [6.45, 7) is 5.51. The first kappa shape index (κ1) is 13.5. The van der Waals surface area contributed by atoms with E-state index < -0.39 is 6.10 Å². The summed E-state index contributed by atoms with van der Waals surface area (Å²) < 4.78 is 5.58. The molecule has 1 N–H and O–H groups in total. The molecule has 0 radical (unpaired) electrons. The van der Waals surface area contributed by atoms with Crippen molar-refractivity contribution in [3.63, 3.8) is 0 Å². The molecule has 0 aliphatic rings. The number of rotatable bonds is 4. The normalized spacial score (nSPS) is 11.9. The van der Waals surface area contributed by atoms with E-state index in [0.29, 0.717) is 10.9 Å². The summed E-state index contributed by atoms with van der Waals surface area (Å²) in [5.74, 6) is 0.439. The second-order valence-corrected chi connectivity index (χ2v) is 5.37. The van der Waals surface area contributed by atoms with Crippen LogP contribution in [0.3, 0.4) is 0 Å². The van der Waals surface area contributed by atoms with Gasteiger partial charge in [-0.2, -0.15) is 0 Å². The van der Waals surface area contributed by atoms with Crippen molar-refractivity contribution in [3.8, 4) is 5.75 Å². The molecular weight excluding hydrogens is 262 g/mol. The summed E-state index contributed by atoms with van der Waals surface area (Å²) in [7, 11) is 0. The topological polar surface area (TPSA) is 64.1 Å². The molecule has 1 aromatic heterocycles. The lowest BCUT2D eigenvalue weighted by Crippen LogP contribution is -2.30. The van der Waals surface area contributed by atoms with Crippen LogP contribution in [0.2, 0.25) is 0 Å². The summed E-state index contributed by atoms with van der Waals surface area (Å²) >= 11 is 1.33. The highest BCUT2D eigenvalue weighted by molar-refractivity contribution is 7.15. The van der Waals surface area contributed by atoms with Crippen LogP contribution >= 0.6 is 11.3 Å². The molecule has 0 saturated heterocycles. The Balaban J connectivity index is 1.96. The van der Waals surface area contributed by atoms with Crippen LogP contribution in [-0.2, 0) is 4.79 Å². The van der Waals surface area contributed by atoms with Crippen molar-refractivity contribution in [2.45, 2.75) is 26.9 Å². The maximum absolute atomic E-state index is 11.9. The molecule has 2 aromatic rings. The van der Waals surface area contributed by atoms with E-state index in [-0.39, 0.29) is 5.91 Å². The average molecular weight is 277 g/mol. The van der Waals surface area contributed by atoms with Crippen molar-refractivity contribution in [1.29, 1.82) is 0 Å². The fourth-order valence-corrected chi connectivity index (χ4v) is 2.10. The van der Waals surface area contributed by atoms with Crippen molar-refractivity contribution >= 4 is 22.4 Å². The Morgan fingerprint density at radius 3 is 2.79 bits per heavy atom. The van der Waals surface area contributed by atoms with Crippen LogP contribution in [0.4, 0.5) is 5.13 Å². The van der Waals surface area contributed by atoms with E-state index >= 15 is 0 Å². The fraction of sp³-hybridized carbons (Fsp3) is 0.308. The molecule has 0 aliphatic heterocycles. The first-order valence-corrected chi connectivity index (χ1v) is 6.70. The molecule has 0 aliphatic carbocycles. The van der Waals surface area contributed by atoms with Crippen LogP contribution < -0.4 is 10.1 Å². The Morgan fingerprint density at radius 2 is 2.16 bits per heavy atom. The zero-order valence-electron chi connectivity index (χ0n) is 11.0. The molecule has 6 heteroatoms. The summed E-state index contributed by atoms with van der Waals surface area (Å²) in [5, 5.41) is 11.7. The zero-order chi connectivity index (χ0) is 13.8. The van der Waals surface area contributed by atoms with Crippen molar-refractivity contribution in [3.05, 3.63) is 34.8 Å². The molecule has 19 heavy (non-hydrogen) atoms. The molecule has 1 amide bonds. The molecule has 100 valence electrons. The number of aromatic nitrogens is 2. The molecule has 0 fully saturated rings. The van der Waals surface area contributed by atoms with Gasteiger partial charge >= 0.3 is 0 Å². The highest BCUT2D eigenvalue weighted by Crippen LogP contribution is 2.16. The molecule has 5 nitrogen and oxygen atoms in total. The molecule has 2 rings (SSSR count). The van der Waals surface area contributed by atoms with E-state index in [0.717, 1.165) is 10.6 Å². The smallest absolute Gasteiger partial charge is 0.266 e. The van der Waals surface area contributed by atoms with Gasteiger partial charge in [0.1, 0.15) is 10.8 Å². The second kappa shape index (κ2) is 5.79. The largest absolute Gasteiger partial charge is 0.481 e. The number of hydrogen-bond acceptors (Lipinski definition) is 5. The van der Waals surface area contributed by atoms with Gasteiger partial charge in [-0.3, -0.25) is 10.1 Å². The zero-order valence-corrected chi connectivity index (χ0v) is 11.8. The number of ether oxygens (including phenoxy) is 1. The third kappa shape index (κ3) is 3.75. The molecule has 1 aromatic carbocycles. The summed E-state index contributed by atoms with van der Waals surface area (Å²) in [6, 6.07) is 7.58. The van der Waals surface area contributed by atoms with Crippen molar-refractivity contribution in [1.82, 2.24) is 10.2 Å². The molecule has 1 atom stereocenters. The van der Waals surface area contributed by atoms with Crippen LogP contribution in [-0.4, -0.2) is 22.2 Å². The first-order chi connectivity index (χ1) is 9.04. The van der Waals surface area contributed by atoms with Gasteiger partial charge in [-0.15, -0.1) is 10.2 Å². The van der Waals surface area contributed by atoms with E-state index in [9.17, 15) is 4.79 Å². The number of anilines is 1. The number of nitrogens with one attached hydrogen (secondary N) is 1. The van der Waals surface area contributed by atoms with Gasteiger partial charge < -0.3 is 4.74 Å². The van der Waals surface area contributed by atoms with Gasteiger partial charge in [0.25, 0.3) is 5.91 Å². The maximum atomic E-state index is 11.9. The monoisotopic (exact) mass is 277 g/mol. The quantitative estimate of drug-likeness (QED) is 0.932. The molecule has 0 unspecified atom stereocenters. The minimum atomic E-state index is -0.592. The van der Waals surface area contributed by atoms with Crippen LogP contribution in [0.5, 0.6) is 5.75 Å². The Hall–Kier alpha value is -1.95. The van der Waals surface area contributed by atoms with Gasteiger partial charge in [0, 0.05) is 0 Å². The van der Waals surface area contributed by atoms with Crippen molar-refractivity contribution in [2.75, 3.05) is 5.32 Å². The molecular formula is C13H15N3O2S. The Morgan fingerprint density at radius 1 is 1.37 bits per heavy atom. The highest BCUT2D eigenvalue weighted by atomic mass is 32.1. The third-order valence-electron chi connectivity index (χ3n) is 2.43. The van der Waals surface area contributed by atoms with Crippen LogP contribution in [0.1, 0.15) is 17.5 Å². The number of carbonyl (C=O) groups excluding carboxylic acids is 1. The van der Waals surface area contributed by atoms with E-state index in [4.69, 9.17) is 4.74 Å². The predicted molar refractivity (Wildman–Crippen MR) is 74.5 cm³/mol. The lowest BCUT2D eigenvalue weighted by atomic mass is 10.2. The van der Waals surface area contributed by atoms with Crippen LogP contribution in [0.15, 0.2) is 24.3 Å². The van der Waals surface area contributed by atoms with Gasteiger partial charge in [0.2, 0.25) is 5.13 Å². The maximum Gasteiger partial charge on any atom is 0.266 e. The van der Waals surface area contributed by atoms with Gasteiger partial charge in [-0.1, -0.05) is 23.5 Å². The van der Waals surface area contributed by atoms with E-state index in [2.05, 4.69) is 15.5 Å². The van der Waals surface area contributed by atoms with Gasteiger partial charge in [0.15, 0.2) is 6.10 Å². The summed E-state index contributed by atoms with van der Waals surface area (Å²) in [4.78, 5) is 11.9. The van der Waals surface area contributed by atoms with Gasteiger partial charge in [-0.05, 0) is 38.5 Å². The minimum Gasteiger partial charge on any atom is -0.481 e. The standard InChI is InChI=1S/C13H15N3O2S/c1-8-5-4-6-11(7-8)18-9(2)12(17)14-13-16-15-10(3)19-13/h4-7,9H,1-3H3,(H,14,16,17)/t9-/m1/s1. The Bertz CT molecular complexity index is 583. The number of carbonyl (C=O) groups is 1. The number of hydrogen-bond donors (Lipinski definition) is 1. The molecule has 0 bridgehead atoms. The first-order valence-electron chi connectivity index (χ1n) is 5.89. The Kier molecular flexibility index (Phi) is 4.11. The second-order valence-electron chi connectivity index (χ2n) is 4.19.